The van der Waals surface area contributed by atoms with Gasteiger partial charge in [0.25, 0.3) is 5.91 Å². The first-order valence-corrected chi connectivity index (χ1v) is 12.6. The molecule has 2 aliphatic heterocycles. The number of aromatic nitrogens is 2. The number of carboxylic acids is 1. The van der Waals surface area contributed by atoms with Crippen LogP contribution in [0.1, 0.15) is 6.92 Å². The lowest BCUT2D eigenvalue weighted by atomic mass is 10.0. The van der Waals surface area contributed by atoms with Crippen molar-refractivity contribution in [3.8, 4) is 0 Å². The number of thioether (sulfide) groups is 2. The summed E-state index contributed by atoms with van der Waals surface area (Å²) < 4.78 is 0.645. The van der Waals surface area contributed by atoms with Crippen LogP contribution in [0.4, 0.5) is 5.69 Å². The van der Waals surface area contributed by atoms with Gasteiger partial charge in [0.2, 0.25) is 11.8 Å². The van der Waals surface area contributed by atoms with Crippen LogP contribution >= 0.6 is 34.9 Å². The molecule has 3 heterocycles. The Bertz CT molecular complexity index is 1090. The molecule has 33 heavy (non-hydrogen) atoms. The Morgan fingerprint density at radius 1 is 1.27 bits per heavy atom. The predicted octanol–water partition coefficient (Wildman–Crippen LogP) is 1.42. The average molecular weight is 506 g/mol. The lowest BCUT2D eigenvalue weighted by molar-refractivity contribution is -0.150. The smallest absolute Gasteiger partial charge is 0.352 e. The van der Waals surface area contributed by atoms with Crippen LogP contribution in [0.3, 0.4) is 0 Å². The Balaban J connectivity index is 1.43. The maximum absolute atomic E-state index is 12.9. The van der Waals surface area contributed by atoms with Gasteiger partial charge in [-0.2, -0.15) is 0 Å². The second-order valence-electron chi connectivity index (χ2n) is 7.15. The fourth-order valence-electron chi connectivity index (χ4n) is 3.45. The van der Waals surface area contributed by atoms with Crippen LogP contribution in [0.5, 0.6) is 0 Å². The summed E-state index contributed by atoms with van der Waals surface area (Å²) in [5.74, 6) is -2.40. The molecule has 3 amide bonds. The largest absolute Gasteiger partial charge is 0.477 e. The summed E-state index contributed by atoms with van der Waals surface area (Å²) in [7, 11) is 0. The first kappa shape index (κ1) is 23.3. The zero-order valence-corrected chi connectivity index (χ0v) is 19.7. The van der Waals surface area contributed by atoms with E-state index in [0.717, 1.165) is 0 Å². The third kappa shape index (κ3) is 5.04. The summed E-state index contributed by atoms with van der Waals surface area (Å²) in [6, 6.07) is 7.92. The van der Waals surface area contributed by atoms with Crippen molar-refractivity contribution in [2.75, 3.05) is 17.2 Å². The van der Waals surface area contributed by atoms with Crippen molar-refractivity contribution < 1.29 is 24.3 Å². The third-order valence-electron chi connectivity index (χ3n) is 4.91. The number of hydrogen-bond donors (Lipinski definition) is 2. The monoisotopic (exact) mass is 505 g/mol. The Kier molecular flexibility index (Phi) is 7.00. The Labute approximate surface area is 201 Å². The number of rotatable bonds is 8. The van der Waals surface area contributed by atoms with E-state index in [1.54, 1.807) is 35.8 Å². The van der Waals surface area contributed by atoms with Crippen molar-refractivity contribution in [3.05, 3.63) is 47.6 Å². The van der Waals surface area contributed by atoms with Gasteiger partial charge in [0, 0.05) is 10.9 Å². The van der Waals surface area contributed by atoms with Crippen LogP contribution < -0.4 is 10.2 Å². The second-order valence-corrected chi connectivity index (χ2v) is 10.7. The van der Waals surface area contributed by atoms with Gasteiger partial charge in [-0.15, -0.1) is 22.0 Å². The molecule has 2 aliphatic rings. The van der Waals surface area contributed by atoms with Crippen LogP contribution in [0.2, 0.25) is 0 Å². The van der Waals surface area contributed by atoms with Crippen molar-refractivity contribution in [1.29, 1.82) is 0 Å². The van der Waals surface area contributed by atoms with Gasteiger partial charge in [-0.1, -0.05) is 41.3 Å². The molecule has 0 bridgehead atoms. The normalized spacial score (nSPS) is 21.5. The summed E-state index contributed by atoms with van der Waals surface area (Å²) in [4.78, 5) is 52.4. The molecule has 1 aromatic heterocycles. The highest BCUT2D eigenvalue weighted by atomic mass is 32.2. The topological polar surface area (TPSA) is 133 Å². The van der Waals surface area contributed by atoms with Gasteiger partial charge >= 0.3 is 5.97 Å². The first-order valence-electron chi connectivity index (χ1n) is 9.82. The molecule has 172 valence electrons. The first-order chi connectivity index (χ1) is 15.8. The highest BCUT2D eigenvalue weighted by Gasteiger charge is 2.53. The summed E-state index contributed by atoms with van der Waals surface area (Å²) in [5, 5.41) is 19.1. The molecule has 2 aromatic rings. The molecule has 0 radical (unpaired) electrons. The molecule has 1 aromatic carbocycles. The molecule has 10 nitrogen and oxygen atoms in total. The minimum Gasteiger partial charge on any atom is -0.477 e. The molecule has 0 aliphatic carbocycles. The standard InChI is InChI=1S/C20H19N5O5S3/c1-11-7-13(19(29)30)25-17(28)16(18(25)33-11)22-14(26)8-24(12-5-3-2-4-6-12)15(27)9-31-20-23-21-10-32-20/h2-7,10-11,16,18H,8-9H2,1H3,(H,22,26)(H,29,30)/t11?,16?,18-/m0/s1. The van der Waals surface area contributed by atoms with Crippen molar-refractivity contribution in [1.82, 2.24) is 20.4 Å². The second kappa shape index (κ2) is 9.93. The van der Waals surface area contributed by atoms with Crippen LogP contribution in [-0.2, 0) is 19.2 Å². The Morgan fingerprint density at radius 3 is 2.70 bits per heavy atom. The number of amides is 3. The van der Waals surface area contributed by atoms with E-state index in [0.29, 0.717) is 10.0 Å². The summed E-state index contributed by atoms with van der Waals surface area (Å²) in [6.45, 7) is 1.55. The Morgan fingerprint density at radius 2 is 2.03 bits per heavy atom. The summed E-state index contributed by atoms with van der Waals surface area (Å²) in [5.41, 5.74) is 2.05. The maximum Gasteiger partial charge on any atom is 0.352 e. The Hall–Kier alpha value is -2.90. The molecule has 4 rings (SSSR count). The molecule has 0 saturated carbocycles. The van der Waals surface area contributed by atoms with Gasteiger partial charge in [0.1, 0.15) is 29.2 Å². The molecule has 13 heteroatoms. The third-order valence-corrected chi connectivity index (χ3v) is 8.09. The maximum atomic E-state index is 12.9. The highest BCUT2D eigenvalue weighted by molar-refractivity contribution is 8.01. The number of para-hydroxylation sites is 1. The van der Waals surface area contributed by atoms with Gasteiger partial charge in [0.05, 0.1) is 5.75 Å². The fraction of sp³-hybridized carbons (Fsp3) is 0.300. The van der Waals surface area contributed by atoms with E-state index < -0.39 is 29.2 Å². The molecule has 2 unspecified atom stereocenters. The number of fused-ring (bicyclic) bond motifs is 1. The van der Waals surface area contributed by atoms with E-state index >= 15 is 0 Å². The molecule has 1 fully saturated rings. The van der Waals surface area contributed by atoms with Crippen LogP contribution in [0, 0.1) is 0 Å². The molecule has 0 spiro atoms. The predicted molar refractivity (Wildman–Crippen MR) is 125 cm³/mol. The molecular weight excluding hydrogens is 486 g/mol. The van der Waals surface area contributed by atoms with Crippen LogP contribution in [-0.4, -0.2) is 72.9 Å². The van der Waals surface area contributed by atoms with Gasteiger partial charge in [0.15, 0.2) is 4.34 Å². The number of anilines is 1. The summed E-state index contributed by atoms with van der Waals surface area (Å²) >= 11 is 3.94. The number of aliphatic carboxylic acids is 1. The van der Waals surface area contributed by atoms with E-state index in [4.69, 9.17) is 0 Å². The van der Waals surface area contributed by atoms with E-state index in [-0.39, 0.29) is 29.2 Å². The van der Waals surface area contributed by atoms with Gasteiger partial charge in [-0.05, 0) is 25.1 Å². The number of β-lactam (4-membered cyclic amide) rings is 1. The number of carbonyl (C=O) groups excluding carboxylic acids is 3. The zero-order chi connectivity index (χ0) is 23.5. The lowest BCUT2D eigenvalue weighted by Gasteiger charge is -2.49. The van der Waals surface area contributed by atoms with Crippen molar-refractivity contribution >= 4 is 64.2 Å². The number of hydrogen-bond acceptors (Lipinski definition) is 9. The zero-order valence-electron chi connectivity index (χ0n) is 17.3. The molecule has 3 atom stereocenters. The van der Waals surface area contributed by atoms with Crippen molar-refractivity contribution in [3.63, 3.8) is 0 Å². The van der Waals surface area contributed by atoms with Gasteiger partial charge < -0.3 is 15.3 Å². The SMILES string of the molecule is CC1C=C(C(=O)O)N2C(=O)C(NC(=O)CN(C(=O)CSc3nncs3)c3ccccc3)[C@@H]2S1. The minimum absolute atomic E-state index is 0.0657. The van der Waals surface area contributed by atoms with E-state index in [1.165, 1.54) is 50.7 Å². The number of nitrogens with one attached hydrogen (secondary N) is 1. The lowest BCUT2D eigenvalue weighted by Crippen LogP contribution is -2.71. The van der Waals surface area contributed by atoms with Crippen LogP contribution in [0.15, 0.2) is 52.0 Å². The molecule has 1 saturated heterocycles. The summed E-state index contributed by atoms with van der Waals surface area (Å²) in [6.07, 6.45) is 1.52. The van der Waals surface area contributed by atoms with Crippen molar-refractivity contribution in [2.45, 2.75) is 27.9 Å². The fourth-order valence-corrected chi connectivity index (χ4v) is 6.14. The number of carboxylic acid groups (broad SMARTS) is 1. The number of nitrogens with zero attached hydrogens (tertiary/aromatic N) is 4. The highest BCUT2D eigenvalue weighted by Crippen LogP contribution is 2.40. The average Bonchev–Trinajstić information content (AvgIpc) is 3.33. The van der Waals surface area contributed by atoms with Crippen molar-refractivity contribution in [2.24, 2.45) is 0 Å². The van der Waals surface area contributed by atoms with Gasteiger partial charge in [-0.25, -0.2) is 4.79 Å². The minimum atomic E-state index is -1.18. The molecule has 2 N–H and O–H groups in total. The van der Waals surface area contributed by atoms with E-state index in [9.17, 15) is 24.3 Å². The van der Waals surface area contributed by atoms with Gasteiger partial charge in [-0.3, -0.25) is 19.3 Å². The number of benzene rings is 1. The van der Waals surface area contributed by atoms with Crippen LogP contribution in [0.25, 0.3) is 0 Å². The van der Waals surface area contributed by atoms with E-state index in [1.807, 2.05) is 6.92 Å². The van der Waals surface area contributed by atoms with E-state index in [2.05, 4.69) is 15.5 Å². The quantitative estimate of drug-likeness (QED) is 0.404. The molecular formula is C20H19N5O5S3. The number of carbonyl (C=O) groups is 4.